The van der Waals surface area contributed by atoms with Gasteiger partial charge in [-0.15, -0.1) is 0 Å². The summed E-state index contributed by atoms with van der Waals surface area (Å²) in [6.45, 7) is -0.539. The molecule has 0 fully saturated rings. The van der Waals surface area contributed by atoms with E-state index in [0.717, 1.165) is 12.3 Å². The van der Waals surface area contributed by atoms with E-state index >= 15 is 0 Å². The van der Waals surface area contributed by atoms with E-state index in [1.54, 1.807) is 0 Å². The normalized spacial score (nSPS) is 10.5. The number of rotatable bonds is 7. The van der Waals surface area contributed by atoms with Crippen molar-refractivity contribution < 1.29 is 24.5 Å². The van der Waals surface area contributed by atoms with Gasteiger partial charge < -0.3 is 9.84 Å². The first kappa shape index (κ1) is 18.3. The number of aromatic hydroxyl groups is 1. The molecule has 11 heteroatoms. The second-order valence-electron chi connectivity index (χ2n) is 4.78. The quantitative estimate of drug-likeness (QED) is 0.432. The van der Waals surface area contributed by atoms with Crippen LogP contribution < -0.4 is 10.2 Å². The maximum atomic E-state index is 11.7. The van der Waals surface area contributed by atoms with Crippen LogP contribution in [0, 0.1) is 20.2 Å². The third-order valence-electron chi connectivity index (χ3n) is 3.06. The number of ether oxygens (including phenoxy) is 1. The van der Waals surface area contributed by atoms with Crippen LogP contribution in [0.15, 0.2) is 47.6 Å². The highest BCUT2D eigenvalue weighted by atomic mass is 16.6. The molecule has 0 heterocycles. The number of benzene rings is 2. The molecule has 1 amide bonds. The number of nitrogens with zero attached hydrogens (tertiary/aromatic N) is 3. The molecule has 0 aliphatic rings. The first-order chi connectivity index (χ1) is 12.4. The molecule has 0 aromatic heterocycles. The number of nitro benzene ring substituents is 2. The highest BCUT2D eigenvalue weighted by Gasteiger charge is 2.16. The maximum Gasteiger partial charge on any atom is 0.311 e. The van der Waals surface area contributed by atoms with Crippen molar-refractivity contribution in [3.05, 3.63) is 68.3 Å². The first-order valence-electron chi connectivity index (χ1n) is 7.04. The van der Waals surface area contributed by atoms with Gasteiger partial charge in [0.1, 0.15) is 0 Å². The van der Waals surface area contributed by atoms with E-state index in [2.05, 4.69) is 10.5 Å². The number of hydrogen-bond donors (Lipinski definition) is 2. The van der Waals surface area contributed by atoms with Gasteiger partial charge in [0, 0.05) is 17.7 Å². The molecular weight excluding hydrogens is 348 g/mol. The van der Waals surface area contributed by atoms with Crippen molar-refractivity contribution in [2.45, 2.75) is 0 Å². The molecule has 2 aromatic carbocycles. The Balaban J connectivity index is 1.96. The van der Waals surface area contributed by atoms with Crippen molar-refractivity contribution >= 4 is 23.5 Å². The Morgan fingerprint density at radius 1 is 1.12 bits per heavy atom. The molecule has 0 atom stereocenters. The highest BCUT2D eigenvalue weighted by Crippen LogP contribution is 2.28. The second kappa shape index (κ2) is 8.19. The van der Waals surface area contributed by atoms with Gasteiger partial charge in [-0.25, -0.2) is 5.43 Å². The molecule has 2 N–H and O–H groups in total. The maximum absolute atomic E-state index is 11.7. The Labute approximate surface area is 145 Å². The predicted octanol–water partition coefficient (Wildman–Crippen LogP) is 1.74. The van der Waals surface area contributed by atoms with Crippen LogP contribution in [0.3, 0.4) is 0 Å². The number of carbonyl (C=O) groups excluding carboxylic acids is 1. The Morgan fingerprint density at radius 3 is 2.46 bits per heavy atom. The average Bonchev–Trinajstić information content (AvgIpc) is 2.61. The summed E-state index contributed by atoms with van der Waals surface area (Å²) < 4.78 is 5.07. The molecule has 0 unspecified atom stereocenters. The van der Waals surface area contributed by atoms with E-state index in [1.165, 1.54) is 36.4 Å². The first-order valence-corrected chi connectivity index (χ1v) is 7.04. The van der Waals surface area contributed by atoms with E-state index in [0.29, 0.717) is 0 Å². The van der Waals surface area contributed by atoms with Crippen LogP contribution in [0.25, 0.3) is 0 Å². The fraction of sp³-hybridized carbons (Fsp3) is 0.0667. The standard InChI is InChI=1S/C15H12N4O7/c20-14(9-26-13-7-2-1-5-11(13)18(22)23)17-16-8-10-4-3-6-12(15(10)21)19(24)25/h1-8,21H,9H2,(H,17,20)/b16-8-. The van der Waals surface area contributed by atoms with Gasteiger partial charge >= 0.3 is 11.4 Å². The summed E-state index contributed by atoms with van der Waals surface area (Å²) in [5, 5.41) is 34.8. The van der Waals surface area contributed by atoms with E-state index in [-0.39, 0.29) is 17.0 Å². The summed E-state index contributed by atoms with van der Waals surface area (Å²) in [5.74, 6) is -1.39. The minimum absolute atomic E-state index is 0.0270. The summed E-state index contributed by atoms with van der Waals surface area (Å²) in [6, 6.07) is 9.38. The zero-order valence-corrected chi connectivity index (χ0v) is 13.1. The zero-order chi connectivity index (χ0) is 19.1. The molecule has 0 bridgehead atoms. The number of hydrogen-bond acceptors (Lipinski definition) is 8. The summed E-state index contributed by atoms with van der Waals surface area (Å²) in [5.41, 5.74) is 1.32. The Kier molecular flexibility index (Phi) is 5.77. The topological polar surface area (TPSA) is 157 Å². The highest BCUT2D eigenvalue weighted by molar-refractivity contribution is 5.87. The lowest BCUT2D eigenvalue weighted by molar-refractivity contribution is -0.386. The van der Waals surface area contributed by atoms with Gasteiger partial charge in [0.05, 0.1) is 16.1 Å². The molecule has 0 spiro atoms. The fourth-order valence-corrected chi connectivity index (χ4v) is 1.88. The lowest BCUT2D eigenvalue weighted by atomic mass is 10.2. The van der Waals surface area contributed by atoms with Gasteiger partial charge in [-0.2, -0.15) is 5.10 Å². The summed E-state index contributed by atoms with van der Waals surface area (Å²) in [7, 11) is 0. The Hall–Kier alpha value is -4.02. The SMILES string of the molecule is O=C(COc1ccccc1[N+](=O)[O-])N/N=C\c1cccc([N+](=O)[O-])c1O. The molecule has 0 saturated heterocycles. The fourth-order valence-electron chi connectivity index (χ4n) is 1.88. The number of phenols is 1. The molecule has 0 aliphatic heterocycles. The van der Waals surface area contributed by atoms with Crippen molar-refractivity contribution in [3.63, 3.8) is 0 Å². The van der Waals surface area contributed by atoms with Crippen molar-refractivity contribution in [1.82, 2.24) is 5.43 Å². The third kappa shape index (κ3) is 4.50. The van der Waals surface area contributed by atoms with Crippen LogP contribution in [-0.4, -0.2) is 33.7 Å². The average molecular weight is 360 g/mol. The number of nitro groups is 2. The Bertz CT molecular complexity index is 882. The molecule has 0 radical (unpaired) electrons. The van der Waals surface area contributed by atoms with Crippen LogP contribution in [0.4, 0.5) is 11.4 Å². The van der Waals surface area contributed by atoms with Crippen LogP contribution in [-0.2, 0) is 4.79 Å². The van der Waals surface area contributed by atoms with Gasteiger partial charge in [0.25, 0.3) is 5.91 Å². The van der Waals surface area contributed by atoms with E-state index in [9.17, 15) is 30.1 Å². The van der Waals surface area contributed by atoms with Gasteiger partial charge in [-0.05, 0) is 12.1 Å². The predicted molar refractivity (Wildman–Crippen MR) is 89.1 cm³/mol. The molecule has 2 aromatic rings. The van der Waals surface area contributed by atoms with E-state index in [1.807, 2.05) is 0 Å². The molecule has 11 nitrogen and oxygen atoms in total. The molecule has 134 valence electrons. The number of phenolic OH excluding ortho intramolecular Hbond substituents is 1. The van der Waals surface area contributed by atoms with E-state index < -0.39 is 33.8 Å². The smallest absolute Gasteiger partial charge is 0.311 e. The van der Waals surface area contributed by atoms with Gasteiger partial charge in [-0.1, -0.05) is 18.2 Å². The third-order valence-corrected chi connectivity index (χ3v) is 3.06. The summed E-state index contributed by atoms with van der Waals surface area (Å²) in [6.07, 6.45) is 1.02. The molecule has 26 heavy (non-hydrogen) atoms. The van der Waals surface area contributed by atoms with Crippen LogP contribution in [0.1, 0.15) is 5.56 Å². The number of nitrogens with one attached hydrogen (secondary N) is 1. The zero-order valence-electron chi connectivity index (χ0n) is 13.1. The molecular formula is C15H12N4O7. The van der Waals surface area contributed by atoms with Gasteiger partial charge in [0.15, 0.2) is 12.4 Å². The Morgan fingerprint density at radius 2 is 1.77 bits per heavy atom. The van der Waals surface area contributed by atoms with Crippen LogP contribution >= 0.6 is 0 Å². The summed E-state index contributed by atoms with van der Waals surface area (Å²) in [4.78, 5) is 31.8. The van der Waals surface area contributed by atoms with Crippen molar-refractivity contribution in [3.8, 4) is 11.5 Å². The van der Waals surface area contributed by atoms with Crippen molar-refractivity contribution in [2.75, 3.05) is 6.61 Å². The lowest BCUT2D eigenvalue weighted by Gasteiger charge is -2.05. The van der Waals surface area contributed by atoms with Gasteiger partial charge in [0.2, 0.25) is 5.75 Å². The molecule has 2 rings (SSSR count). The molecule has 0 saturated carbocycles. The van der Waals surface area contributed by atoms with Gasteiger partial charge in [-0.3, -0.25) is 25.0 Å². The van der Waals surface area contributed by atoms with Crippen molar-refractivity contribution in [2.24, 2.45) is 5.10 Å². The largest absolute Gasteiger partial charge is 0.502 e. The number of carbonyl (C=O) groups is 1. The summed E-state index contributed by atoms with van der Waals surface area (Å²) >= 11 is 0. The monoisotopic (exact) mass is 360 g/mol. The number of hydrazone groups is 1. The number of amides is 1. The van der Waals surface area contributed by atoms with Crippen LogP contribution in [0.2, 0.25) is 0 Å². The number of para-hydroxylation sites is 3. The second-order valence-corrected chi connectivity index (χ2v) is 4.78. The minimum Gasteiger partial charge on any atom is -0.502 e. The van der Waals surface area contributed by atoms with Crippen molar-refractivity contribution in [1.29, 1.82) is 0 Å². The van der Waals surface area contributed by atoms with E-state index in [4.69, 9.17) is 4.74 Å². The lowest BCUT2D eigenvalue weighted by Crippen LogP contribution is -2.24. The van der Waals surface area contributed by atoms with Crippen LogP contribution in [0.5, 0.6) is 11.5 Å². The molecule has 0 aliphatic carbocycles. The minimum atomic E-state index is -0.758.